The van der Waals surface area contributed by atoms with Gasteiger partial charge in [-0.3, -0.25) is 14.5 Å². The molecule has 2 aromatic carbocycles. The lowest BCUT2D eigenvalue weighted by atomic mass is 10.0. The Hall–Kier alpha value is -2.66. The van der Waals surface area contributed by atoms with Gasteiger partial charge in [-0.15, -0.1) is 0 Å². The molecule has 0 atom stereocenters. The molecule has 0 saturated heterocycles. The quantitative estimate of drug-likeness (QED) is 0.611. The Labute approximate surface area is 204 Å². The first-order chi connectivity index (χ1) is 16.6. The molecule has 2 aliphatic rings. The molecular formula is C29H39N3O2. The van der Waals surface area contributed by atoms with Crippen LogP contribution in [0.3, 0.4) is 0 Å². The van der Waals surface area contributed by atoms with E-state index >= 15 is 0 Å². The second kappa shape index (κ2) is 12.2. The van der Waals surface area contributed by atoms with E-state index in [4.69, 9.17) is 0 Å². The van der Waals surface area contributed by atoms with Crippen molar-refractivity contribution in [3.8, 4) is 0 Å². The number of anilines is 1. The smallest absolute Gasteiger partial charge is 0.223 e. The molecule has 5 nitrogen and oxygen atoms in total. The number of benzene rings is 2. The van der Waals surface area contributed by atoms with Gasteiger partial charge in [0.05, 0.1) is 0 Å². The molecule has 1 aliphatic heterocycles. The average molecular weight is 462 g/mol. The Bertz CT molecular complexity index is 939. The SMILES string of the molecule is CC(=O)N1CCCN(Cc2ccccc2)CCN(C(=O)CCC2CCCC2)Cc2ccccc21. The van der Waals surface area contributed by atoms with Crippen molar-refractivity contribution >= 4 is 17.5 Å². The molecule has 0 unspecified atom stereocenters. The van der Waals surface area contributed by atoms with Crippen LogP contribution in [0.25, 0.3) is 0 Å². The van der Waals surface area contributed by atoms with Gasteiger partial charge < -0.3 is 9.80 Å². The van der Waals surface area contributed by atoms with E-state index in [9.17, 15) is 9.59 Å². The van der Waals surface area contributed by atoms with Gasteiger partial charge >= 0.3 is 0 Å². The molecule has 2 aromatic rings. The highest BCUT2D eigenvalue weighted by Gasteiger charge is 2.23. The Morgan fingerprint density at radius 3 is 2.35 bits per heavy atom. The molecule has 1 heterocycles. The normalized spacial score (nSPS) is 18.4. The summed E-state index contributed by atoms with van der Waals surface area (Å²) in [6, 6.07) is 18.6. The predicted octanol–water partition coefficient (Wildman–Crippen LogP) is 5.24. The summed E-state index contributed by atoms with van der Waals surface area (Å²) in [6.45, 7) is 6.19. The van der Waals surface area contributed by atoms with Crippen LogP contribution in [-0.4, -0.2) is 47.8 Å². The second-order valence-electron chi connectivity index (χ2n) is 9.92. The summed E-state index contributed by atoms with van der Waals surface area (Å²) >= 11 is 0. The van der Waals surface area contributed by atoms with Gasteiger partial charge in [-0.2, -0.15) is 0 Å². The van der Waals surface area contributed by atoms with E-state index < -0.39 is 0 Å². The number of fused-ring (bicyclic) bond motifs is 1. The summed E-state index contributed by atoms with van der Waals surface area (Å²) < 4.78 is 0. The first-order valence-electron chi connectivity index (χ1n) is 13.0. The van der Waals surface area contributed by atoms with Crippen LogP contribution >= 0.6 is 0 Å². The van der Waals surface area contributed by atoms with Crippen LogP contribution in [0, 0.1) is 5.92 Å². The average Bonchev–Trinajstić information content (AvgIpc) is 3.36. The minimum absolute atomic E-state index is 0.0559. The Morgan fingerprint density at radius 2 is 1.59 bits per heavy atom. The molecule has 1 saturated carbocycles. The molecule has 0 spiro atoms. The van der Waals surface area contributed by atoms with Gasteiger partial charge in [0.15, 0.2) is 0 Å². The zero-order chi connectivity index (χ0) is 23.8. The van der Waals surface area contributed by atoms with Gasteiger partial charge in [0.1, 0.15) is 0 Å². The number of carbonyl (C=O) groups excluding carboxylic acids is 2. The Balaban J connectivity index is 1.54. The number of amides is 2. The van der Waals surface area contributed by atoms with Crippen molar-refractivity contribution in [2.75, 3.05) is 31.1 Å². The van der Waals surface area contributed by atoms with Gasteiger partial charge in [0, 0.05) is 58.3 Å². The zero-order valence-corrected chi connectivity index (χ0v) is 20.6. The van der Waals surface area contributed by atoms with E-state index in [1.54, 1.807) is 6.92 Å². The topological polar surface area (TPSA) is 43.9 Å². The maximum absolute atomic E-state index is 13.4. The van der Waals surface area contributed by atoms with Crippen molar-refractivity contribution in [3.63, 3.8) is 0 Å². The maximum Gasteiger partial charge on any atom is 0.223 e. The van der Waals surface area contributed by atoms with E-state index in [2.05, 4.69) is 35.2 Å². The van der Waals surface area contributed by atoms with Crippen molar-refractivity contribution in [1.29, 1.82) is 0 Å². The molecule has 4 rings (SSSR count). The lowest BCUT2D eigenvalue weighted by Gasteiger charge is -2.28. The van der Waals surface area contributed by atoms with Crippen molar-refractivity contribution in [2.24, 2.45) is 5.92 Å². The summed E-state index contributed by atoms with van der Waals surface area (Å²) in [6.07, 6.45) is 7.70. The highest BCUT2D eigenvalue weighted by Crippen LogP contribution is 2.29. The number of para-hydroxylation sites is 1. The third-order valence-corrected chi connectivity index (χ3v) is 7.41. The van der Waals surface area contributed by atoms with Crippen molar-refractivity contribution in [2.45, 2.75) is 65.0 Å². The zero-order valence-electron chi connectivity index (χ0n) is 20.6. The van der Waals surface area contributed by atoms with Crippen LogP contribution in [0.1, 0.15) is 63.0 Å². The summed E-state index contributed by atoms with van der Waals surface area (Å²) in [7, 11) is 0. The van der Waals surface area contributed by atoms with E-state index in [1.165, 1.54) is 31.2 Å². The molecular weight excluding hydrogens is 422 g/mol. The van der Waals surface area contributed by atoms with Gasteiger partial charge in [0.25, 0.3) is 0 Å². The van der Waals surface area contributed by atoms with Gasteiger partial charge in [-0.25, -0.2) is 0 Å². The van der Waals surface area contributed by atoms with Crippen molar-refractivity contribution in [3.05, 3.63) is 65.7 Å². The standard InChI is InChI=1S/C29H39N3O2/c1-24(33)32-19-9-18-30(22-26-12-3-2-4-13-26)20-21-31(23-27-14-7-8-15-28(27)32)29(34)17-16-25-10-5-6-11-25/h2-4,7-8,12-15,25H,5-6,9-11,16-23H2,1H3. The lowest BCUT2D eigenvalue weighted by Crippen LogP contribution is -2.38. The second-order valence-corrected chi connectivity index (χ2v) is 9.92. The van der Waals surface area contributed by atoms with Gasteiger partial charge in [0.2, 0.25) is 11.8 Å². The predicted molar refractivity (Wildman–Crippen MR) is 137 cm³/mol. The first-order valence-corrected chi connectivity index (χ1v) is 13.0. The fourth-order valence-corrected chi connectivity index (χ4v) is 5.46. The van der Waals surface area contributed by atoms with Crippen molar-refractivity contribution in [1.82, 2.24) is 9.80 Å². The number of rotatable bonds is 5. The van der Waals surface area contributed by atoms with Crippen LogP contribution in [0.4, 0.5) is 5.69 Å². The summed E-state index contributed by atoms with van der Waals surface area (Å²) in [5.74, 6) is 1.01. The molecule has 5 heteroatoms. The number of carbonyl (C=O) groups is 2. The van der Waals surface area contributed by atoms with Crippen LogP contribution in [-0.2, 0) is 22.7 Å². The molecule has 0 aromatic heterocycles. The highest BCUT2D eigenvalue weighted by atomic mass is 16.2. The van der Waals surface area contributed by atoms with Gasteiger partial charge in [-0.05, 0) is 36.0 Å². The molecule has 1 aliphatic carbocycles. The Morgan fingerprint density at radius 1 is 0.853 bits per heavy atom. The summed E-state index contributed by atoms with van der Waals surface area (Å²) in [5, 5.41) is 0. The van der Waals surface area contributed by atoms with E-state index in [0.29, 0.717) is 32.0 Å². The monoisotopic (exact) mass is 461 g/mol. The molecule has 2 amide bonds. The molecule has 182 valence electrons. The lowest BCUT2D eigenvalue weighted by molar-refractivity contribution is -0.132. The van der Waals surface area contributed by atoms with E-state index in [-0.39, 0.29) is 11.8 Å². The fourth-order valence-electron chi connectivity index (χ4n) is 5.46. The first kappa shape index (κ1) is 24.5. The van der Waals surface area contributed by atoms with Crippen LogP contribution in [0.2, 0.25) is 0 Å². The largest absolute Gasteiger partial charge is 0.337 e. The number of hydrogen-bond acceptors (Lipinski definition) is 3. The minimum atomic E-state index is 0.0559. The third kappa shape index (κ3) is 6.69. The summed E-state index contributed by atoms with van der Waals surface area (Å²) in [5.41, 5.74) is 3.28. The molecule has 0 N–H and O–H groups in total. The number of nitrogens with zero attached hydrogens (tertiary/aromatic N) is 3. The fraction of sp³-hybridized carbons (Fsp3) is 0.517. The van der Waals surface area contributed by atoms with Gasteiger partial charge in [-0.1, -0.05) is 74.2 Å². The molecule has 1 fully saturated rings. The van der Waals surface area contributed by atoms with E-state index in [0.717, 1.165) is 43.7 Å². The van der Waals surface area contributed by atoms with Crippen LogP contribution in [0.15, 0.2) is 54.6 Å². The molecule has 0 bridgehead atoms. The van der Waals surface area contributed by atoms with Crippen LogP contribution in [0.5, 0.6) is 0 Å². The molecule has 0 radical (unpaired) electrons. The van der Waals surface area contributed by atoms with Crippen molar-refractivity contribution < 1.29 is 9.59 Å². The molecule has 34 heavy (non-hydrogen) atoms. The van der Waals surface area contributed by atoms with Crippen LogP contribution < -0.4 is 4.90 Å². The number of hydrogen-bond donors (Lipinski definition) is 0. The maximum atomic E-state index is 13.4. The highest BCUT2D eigenvalue weighted by molar-refractivity contribution is 5.92. The third-order valence-electron chi connectivity index (χ3n) is 7.41. The minimum Gasteiger partial charge on any atom is -0.337 e. The van der Waals surface area contributed by atoms with E-state index in [1.807, 2.05) is 34.1 Å². The summed E-state index contributed by atoms with van der Waals surface area (Å²) in [4.78, 5) is 32.4. The Kier molecular flexibility index (Phi) is 8.75.